The Morgan fingerprint density at radius 1 is 1.17 bits per heavy atom. The van der Waals surface area contributed by atoms with E-state index in [1.807, 2.05) is 42.0 Å². The van der Waals surface area contributed by atoms with Gasteiger partial charge in [0.25, 0.3) is 0 Å². The SMILES string of the molecule is COc1cc(Nc2nc(N3CCC3c3ccccc3)n(CC(C)(C)O)n2)ccc1-n1cnc(C)c1. The Hall–Kier alpha value is -3.85. The third kappa shape index (κ3) is 4.85. The van der Waals surface area contributed by atoms with Crippen molar-refractivity contribution in [3.8, 4) is 11.4 Å². The van der Waals surface area contributed by atoms with Crippen LogP contribution in [0, 0.1) is 6.92 Å². The van der Waals surface area contributed by atoms with Crippen molar-refractivity contribution in [2.45, 2.75) is 45.4 Å². The van der Waals surface area contributed by atoms with Crippen molar-refractivity contribution in [2.75, 3.05) is 23.9 Å². The Labute approximate surface area is 205 Å². The number of imidazole rings is 1. The van der Waals surface area contributed by atoms with E-state index in [1.165, 1.54) is 5.56 Å². The molecule has 1 fully saturated rings. The maximum absolute atomic E-state index is 10.5. The fourth-order valence-electron chi connectivity index (χ4n) is 4.37. The molecule has 1 aliphatic rings. The number of hydrogen-bond donors (Lipinski definition) is 2. The van der Waals surface area contributed by atoms with Crippen molar-refractivity contribution < 1.29 is 9.84 Å². The number of aromatic nitrogens is 5. The zero-order chi connectivity index (χ0) is 24.6. The van der Waals surface area contributed by atoms with Gasteiger partial charge in [-0.1, -0.05) is 30.3 Å². The summed E-state index contributed by atoms with van der Waals surface area (Å²) in [6.07, 6.45) is 4.77. The zero-order valence-corrected chi connectivity index (χ0v) is 20.5. The molecule has 1 aliphatic heterocycles. The van der Waals surface area contributed by atoms with Crippen molar-refractivity contribution in [1.29, 1.82) is 0 Å². The molecule has 0 radical (unpaired) electrons. The summed E-state index contributed by atoms with van der Waals surface area (Å²) >= 11 is 0. The first-order valence-electron chi connectivity index (χ1n) is 11.8. The maximum Gasteiger partial charge on any atom is 0.248 e. The predicted octanol–water partition coefficient (Wildman–Crippen LogP) is 4.25. The van der Waals surface area contributed by atoms with Crippen molar-refractivity contribution in [2.24, 2.45) is 0 Å². The highest BCUT2D eigenvalue weighted by Crippen LogP contribution is 2.38. The Bertz CT molecular complexity index is 1310. The average Bonchev–Trinajstić information content (AvgIpc) is 3.38. The Kier molecular flexibility index (Phi) is 5.94. The van der Waals surface area contributed by atoms with Gasteiger partial charge in [0.15, 0.2) is 0 Å². The van der Waals surface area contributed by atoms with E-state index in [9.17, 15) is 5.11 Å². The summed E-state index contributed by atoms with van der Waals surface area (Å²) in [4.78, 5) is 11.4. The van der Waals surface area contributed by atoms with Gasteiger partial charge in [-0.25, -0.2) is 9.67 Å². The third-order valence-corrected chi connectivity index (χ3v) is 6.08. The van der Waals surface area contributed by atoms with E-state index < -0.39 is 5.60 Å². The highest BCUT2D eigenvalue weighted by molar-refractivity contribution is 5.62. The van der Waals surface area contributed by atoms with Gasteiger partial charge in [-0.05, 0) is 44.9 Å². The lowest BCUT2D eigenvalue weighted by atomic mass is 9.95. The Morgan fingerprint density at radius 3 is 2.60 bits per heavy atom. The molecule has 9 heteroatoms. The fraction of sp³-hybridized carbons (Fsp3) is 0.346. The molecule has 0 bridgehead atoms. The second-order valence-electron chi connectivity index (χ2n) is 9.55. The lowest BCUT2D eigenvalue weighted by Gasteiger charge is -2.42. The minimum atomic E-state index is -0.930. The third-order valence-electron chi connectivity index (χ3n) is 6.08. The van der Waals surface area contributed by atoms with Gasteiger partial charge in [0.2, 0.25) is 11.9 Å². The number of nitrogens with one attached hydrogen (secondary N) is 1. The molecule has 2 aromatic carbocycles. The molecular formula is C26H31N7O2. The van der Waals surface area contributed by atoms with Gasteiger partial charge in [-0.15, -0.1) is 5.10 Å². The molecule has 0 amide bonds. The predicted molar refractivity (Wildman–Crippen MR) is 136 cm³/mol. The van der Waals surface area contributed by atoms with Gasteiger partial charge in [0.05, 0.1) is 43.0 Å². The van der Waals surface area contributed by atoms with Crippen LogP contribution in [-0.2, 0) is 6.54 Å². The molecule has 2 N–H and O–H groups in total. The van der Waals surface area contributed by atoms with Gasteiger partial charge < -0.3 is 24.6 Å². The molecule has 1 atom stereocenters. The first-order chi connectivity index (χ1) is 16.8. The number of anilines is 3. The summed E-state index contributed by atoms with van der Waals surface area (Å²) in [5, 5.41) is 18.5. The first-order valence-corrected chi connectivity index (χ1v) is 11.8. The molecule has 0 aliphatic carbocycles. The van der Waals surface area contributed by atoms with Crippen LogP contribution in [0.15, 0.2) is 61.1 Å². The van der Waals surface area contributed by atoms with Crippen LogP contribution in [0.1, 0.15) is 37.6 Å². The van der Waals surface area contributed by atoms with Crippen LogP contribution >= 0.6 is 0 Å². The van der Waals surface area contributed by atoms with Crippen molar-refractivity contribution >= 4 is 17.6 Å². The second-order valence-corrected chi connectivity index (χ2v) is 9.55. The number of methoxy groups -OCH3 is 1. The van der Waals surface area contributed by atoms with Gasteiger partial charge >= 0.3 is 0 Å². The van der Waals surface area contributed by atoms with Crippen LogP contribution in [0.25, 0.3) is 5.69 Å². The molecule has 4 aromatic rings. The van der Waals surface area contributed by atoms with Crippen LogP contribution in [0.2, 0.25) is 0 Å². The normalized spacial score (nSPS) is 15.7. The first kappa shape index (κ1) is 22.9. The van der Waals surface area contributed by atoms with Crippen LogP contribution in [-0.4, -0.2) is 48.7 Å². The average molecular weight is 474 g/mol. The van der Waals surface area contributed by atoms with Crippen LogP contribution in [0.3, 0.4) is 0 Å². The van der Waals surface area contributed by atoms with Gasteiger partial charge in [0.1, 0.15) is 5.75 Å². The largest absolute Gasteiger partial charge is 0.494 e. The van der Waals surface area contributed by atoms with E-state index in [1.54, 1.807) is 32.0 Å². The molecule has 9 nitrogen and oxygen atoms in total. The molecular weight excluding hydrogens is 442 g/mol. The summed E-state index contributed by atoms with van der Waals surface area (Å²) in [6.45, 7) is 6.72. The number of aliphatic hydroxyl groups is 1. The van der Waals surface area contributed by atoms with Crippen LogP contribution in [0.5, 0.6) is 5.75 Å². The number of ether oxygens (including phenoxy) is 1. The number of benzene rings is 2. The van der Waals surface area contributed by atoms with E-state index in [-0.39, 0.29) is 6.04 Å². The standard InChI is InChI=1S/C26H31N7O2/c1-18-15-31(17-27-18)22-11-10-20(14-23(22)35-4)28-24-29-25(33(30-24)16-26(2,3)34)32-13-12-21(32)19-8-6-5-7-9-19/h5-11,14-15,17,21,34H,12-13,16H2,1-4H3,(H,28,30). The van der Waals surface area contributed by atoms with Crippen LogP contribution < -0.4 is 15.0 Å². The Morgan fingerprint density at radius 2 is 1.97 bits per heavy atom. The van der Waals surface area contributed by atoms with E-state index in [0.717, 1.165) is 36.0 Å². The van der Waals surface area contributed by atoms with E-state index in [0.29, 0.717) is 18.2 Å². The van der Waals surface area contributed by atoms with Crippen molar-refractivity contribution in [3.05, 3.63) is 72.3 Å². The fourth-order valence-corrected chi connectivity index (χ4v) is 4.37. The monoisotopic (exact) mass is 473 g/mol. The topological polar surface area (TPSA) is 93.3 Å². The molecule has 5 rings (SSSR count). The minimum Gasteiger partial charge on any atom is -0.494 e. The van der Waals surface area contributed by atoms with E-state index in [4.69, 9.17) is 14.8 Å². The molecule has 3 heterocycles. The molecule has 0 saturated carbocycles. The van der Waals surface area contributed by atoms with Gasteiger partial charge in [-0.3, -0.25) is 0 Å². The van der Waals surface area contributed by atoms with Crippen molar-refractivity contribution in [3.63, 3.8) is 0 Å². The highest BCUT2D eigenvalue weighted by atomic mass is 16.5. The maximum atomic E-state index is 10.5. The molecule has 2 aromatic heterocycles. The molecule has 35 heavy (non-hydrogen) atoms. The van der Waals surface area contributed by atoms with Crippen molar-refractivity contribution in [1.82, 2.24) is 24.3 Å². The number of rotatable bonds is 8. The molecule has 0 spiro atoms. The minimum absolute atomic E-state index is 0.242. The Balaban J connectivity index is 1.43. The number of hydrogen-bond acceptors (Lipinski definition) is 7. The summed E-state index contributed by atoms with van der Waals surface area (Å²) in [5.74, 6) is 1.92. The second kappa shape index (κ2) is 9.07. The summed E-state index contributed by atoms with van der Waals surface area (Å²) in [7, 11) is 1.65. The summed E-state index contributed by atoms with van der Waals surface area (Å²) in [6, 6.07) is 16.5. The smallest absolute Gasteiger partial charge is 0.248 e. The summed E-state index contributed by atoms with van der Waals surface area (Å²) < 4.78 is 9.35. The quantitative estimate of drug-likeness (QED) is 0.395. The number of nitrogens with zero attached hydrogens (tertiary/aromatic N) is 6. The zero-order valence-electron chi connectivity index (χ0n) is 20.5. The van der Waals surface area contributed by atoms with Gasteiger partial charge in [-0.2, -0.15) is 4.98 Å². The molecule has 182 valence electrons. The molecule has 1 saturated heterocycles. The lowest BCUT2D eigenvalue weighted by Crippen LogP contribution is -2.43. The highest BCUT2D eigenvalue weighted by Gasteiger charge is 2.34. The van der Waals surface area contributed by atoms with Gasteiger partial charge in [0, 0.05) is 24.5 Å². The summed E-state index contributed by atoms with van der Waals surface area (Å²) in [5.41, 5.74) is 2.95. The van der Waals surface area contributed by atoms with E-state index >= 15 is 0 Å². The van der Waals surface area contributed by atoms with Crippen LogP contribution in [0.4, 0.5) is 17.6 Å². The number of aryl methyl sites for hydroxylation is 1. The molecule has 1 unspecified atom stereocenters. The van der Waals surface area contributed by atoms with E-state index in [2.05, 4.69) is 39.5 Å². The lowest BCUT2D eigenvalue weighted by molar-refractivity contribution is 0.0578.